The standard InChI is InChI=1S/C21H22ClN3O4/c1-14(24-25-19(26)13-21(2)28-9-10-29-21)15-5-4-8-18(12-15)23-20(27)16-6-3-7-17(22)11-16/h3-8,11-12H,9-10,13H2,1-2H3,(H,23,27)(H,25,26). The lowest BCUT2D eigenvalue weighted by Crippen LogP contribution is -2.33. The summed E-state index contributed by atoms with van der Waals surface area (Å²) in [4.78, 5) is 24.5. The fourth-order valence-corrected chi connectivity index (χ4v) is 3.05. The van der Waals surface area contributed by atoms with Crippen LogP contribution in [0.1, 0.15) is 36.2 Å². The fourth-order valence-electron chi connectivity index (χ4n) is 2.86. The molecule has 0 radical (unpaired) electrons. The second-order valence-corrected chi connectivity index (χ2v) is 7.22. The van der Waals surface area contributed by atoms with Crippen molar-refractivity contribution in [1.29, 1.82) is 0 Å². The maximum absolute atomic E-state index is 12.4. The van der Waals surface area contributed by atoms with Gasteiger partial charge in [-0.15, -0.1) is 0 Å². The predicted molar refractivity (Wildman–Crippen MR) is 111 cm³/mol. The Morgan fingerprint density at radius 1 is 1.10 bits per heavy atom. The smallest absolute Gasteiger partial charge is 0.255 e. The van der Waals surface area contributed by atoms with Crippen LogP contribution in [0.15, 0.2) is 53.6 Å². The van der Waals surface area contributed by atoms with Crippen LogP contribution in [0.4, 0.5) is 5.69 Å². The van der Waals surface area contributed by atoms with Gasteiger partial charge in [0.25, 0.3) is 5.91 Å². The molecule has 2 N–H and O–H groups in total. The largest absolute Gasteiger partial charge is 0.347 e. The highest BCUT2D eigenvalue weighted by molar-refractivity contribution is 6.31. The first kappa shape index (κ1) is 21.0. The zero-order chi connectivity index (χ0) is 20.9. The monoisotopic (exact) mass is 415 g/mol. The molecule has 1 saturated heterocycles. The van der Waals surface area contributed by atoms with Gasteiger partial charge in [-0.2, -0.15) is 5.10 Å². The predicted octanol–water partition coefficient (Wildman–Crippen LogP) is 3.59. The van der Waals surface area contributed by atoms with Gasteiger partial charge in [-0.3, -0.25) is 9.59 Å². The van der Waals surface area contributed by atoms with Crippen molar-refractivity contribution in [2.75, 3.05) is 18.5 Å². The molecule has 1 aliphatic rings. The van der Waals surface area contributed by atoms with Gasteiger partial charge in [-0.05, 0) is 49.7 Å². The second-order valence-electron chi connectivity index (χ2n) is 6.78. The number of hydrogen-bond acceptors (Lipinski definition) is 5. The van der Waals surface area contributed by atoms with Gasteiger partial charge in [-0.1, -0.05) is 29.8 Å². The highest BCUT2D eigenvalue weighted by Crippen LogP contribution is 2.22. The van der Waals surface area contributed by atoms with Gasteiger partial charge in [0.15, 0.2) is 5.79 Å². The van der Waals surface area contributed by atoms with Gasteiger partial charge in [-0.25, -0.2) is 5.43 Å². The lowest BCUT2D eigenvalue weighted by atomic mass is 10.1. The third kappa shape index (κ3) is 5.87. The molecule has 1 heterocycles. The molecule has 2 aromatic carbocycles. The van der Waals surface area contributed by atoms with E-state index in [1.165, 1.54) is 0 Å². The SMILES string of the molecule is CC(=NNC(=O)CC1(C)OCCO1)c1cccc(NC(=O)c2cccc(Cl)c2)c1. The topological polar surface area (TPSA) is 89.0 Å². The van der Waals surface area contributed by atoms with E-state index in [1.54, 1.807) is 56.3 Å². The average molecular weight is 416 g/mol. The Kier molecular flexibility index (Phi) is 6.64. The van der Waals surface area contributed by atoms with E-state index in [2.05, 4.69) is 15.8 Å². The van der Waals surface area contributed by atoms with Gasteiger partial charge in [0.05, 0.1) is 25.3 Å². The number of hydrazone groups is 1. The number of amides is 2. The number of hydrogen-bond donors (Lipinski definition) is 2. The van der Waals surface area contributed by atoms with Gasteiger partial charge in [0, 0.05) is 16.3 Å². The summed E-state index contributed by atoms with van der Waals surface area (Å²) in [6.45, 7) is 4.43. The minimum Gasteiger partial charge on any atom is -0.347 e. The molecule has 0 atom stereocenters. The summed E-state index contributed by atoms with van der Waals surface area (Å²) in [5.74, 6) is -1.48. The molecule has 1 aliphatic heterocycles. The summed E-state index contributed by atoms with van der Waals surface area (Å²) in [6.07, 6.45) is 0.0551. The molecule has 3 rings (SSSR count). The van der Waals surface area contributed by atoms with E-state index in [0.717, 1.165) is 5.56 Å². The van der Waals surface area contributed by atoms with Crippen molar-refractivity contribution in [3.63, 3.8) is 0 Å². The number of nitrogens with one attached hydrogen (secondary N) is 2. The zero-order valence-electron chi connectivity index (χ0n) is 16.2. The second kappa shape index (κ2) is 9.17. The van der Waals surface area contributed by atoms with E-state index < -0.39 is 5.79 Å². The zero-order valence-corrected chi connectivity index (χ0v) is 17.0. The molecule has 2 amide bonds. The van der Waals surface area contributed by atoms with Crippen LogP contribution in [-0.4, -0.2) is 36.5 Å². The number of carbonyl (C=O) groups excluding carboxylic acids is 2. The van der Waals surface area contributed by atoms with Crippen molar-refractivity contribution < 1.29 is 19.1 Å². The molecular formula is C21H22ClN3O4. The lowest BCUT2D eigenvalue weighted by Gasteiger charge is -2.20. The summed E-state index contributed by atoms with van der Waals surface area (Å²) in [6, 6.07) is 13.9. The molecule has 1 fully saturated rings. The molecule has 0 unspecified atom stereocenters. The fraction of sp³-hybridized carbons (Fsp3) is 0.286. The summed E-state index contributed by atoms with van der Waals surface area (Å²) in [7, 11) is 0. The van der Waals surface area contributed by atoms with E-state index in [0.29, 0.717) is 35.2 Å². The van der Waals surface area contributed by atoms with Gasteiger partial charge < -0.3 is 14.8 Å². The molecular weight excluding hydrogens is 394 g/mol. The maximum Gasteiger partial charge on any atom is 0.255 e. The van der Waals surface area contributed by atoms with Crippen LogP contribution in [0.2, 0.25) is 5.02 Å². The van der Waals surface area contributed by atoms with E-state index in [1.807, 2.05) is 6.07 Å². The Morgan fingerprint density at radius 3 is 2.52 bits per heavy atom. The Labute approximate surface area is 174 Å². The molecule has 0 saturated carbocycles. The van der Waals surface area contributed by atoms with E-state index >= 15 is 0 Å². The van der Waals surface area contributed by atoms with Crippen LogP contribution in [0.3, 0.4) is 0 Å². The van der Waals surface area contributed by atoms with Crippen LogP contribution in [-0.2, 0) is 14.3 Å². The number of carbonyl (C=O) groups is 2. The number of nitrogens with zero attached hydrogens (tertiary/aromatic N) is 1. The van der Waals surface area contributed by atoms with Gasteiger partial charge in [0.2, 0.25) is 5.91 Å². The summed E-state index contributed by atoms with van der Waals surface area (Å²) in [5.41, 5.74) is 4.93. The van der Waals surface area contributed by atoms with Crippen molar-refractivity contribution in [1.82, 2.24) is 5.43 Å². The molecule has 8 heteroatoms. The van der Waals surface area contributed by atoms with E-state index in [-0.39, 0.29) is 18.2 Å². The molecule has 7 nitrogen and oxygen atoms in total. The van der Waals surface area contributed by atoms with Gasteiger partial charge >= 0.3 is 0 Å². The molecule has 0 bridgehead atoms. The summed E-state index contributed by atoms with van der Waals surface area (Å²) >= 11 is 5.94. The summed E-state index contributed by atoms with van der Waals surface area (Å²) < 4.78 is 10.8. The van der Waals surface area contributed by atoms with E-state index in [9.17, 15) is 9.59 Å². The third-order valence-corrected chi connectivity index (χ3v) is 4.59. The number of benzene rings is 2. The van der Waals surface area contributed by atoms with Crippen LogP contribution >= 0.6 is 11.6 Å². The maximum atomic E-state index is 12.4. The first-order chi connectivity index (χ1) is 13.8. The van der Waals surface area contributed by atoms with Gasteiger partial charge in [0.1, 0.15) is 0 Å². The minimum atomic E-state index is -0.905. The number of halogens is 1. The Hall–Kier alpha value is -2.74. The highest BCUT2D eigenvalue weighted by Gasteiger charge is 2.33. The Balaban J connectivity index is 1.62. The molecule has 2 aromatic rings. The van der Waals surface area contributed by atoms with Crippen molar-refractivity contribution in [3.8, 4) is 0 Å². The number of anilines is 1. The van der Waals surface area contributed by atoms with Crippen molar-refractivity contribution >= 4 is 34.8 Å². The van der Waals surface area contributed by atoms with E-state index in [4.69, 9.17) is 21.1 Å². The summed E-state index contributed by atoms with van der Waals surface area (Å²) in [5, 5.41) is 7.45. The molecule has 0 spiro atoms. The molecule has 0 aliphatic carbocycles. The number of ether oxygens (including phenoxy) is 2. The normalized spacial score (nSPS) is 15.8. The minimum absolute atomic E-state index is 0.0551. The van der Waals surface area contributed by atoms with Crippen LogP contribution < -0.4 is 10.7 Å². The first-order valence-corrected chi connectivity index (χ1v) is 9.51. The third-order valence-electron chi connectivity index (χ3n) is 4.35. The average Bonchev–Trinajstić information content (AvgIpc) is 3.12. The Morgan fingerprint density at radius 2 is 1.79 bits per heavy atom. The van der Waals surface area contributed by atoms with Crippen LogP contribution in [0, 0.1) is 0 Å². The van der Waals surface area contributed by atoms with Crippen LogP contribution in [0.5, 0.6) is 0 Å². The quantitative estimate of drug-likeness (QED) is 0.557. The molecule has 29 heavy (non-hydrogen) atoms. The number of rotatable bonds is 6. The van der Waals surface area contributed by atoms with Crippen molar-refractivity contribution in [2.24, 2.45) is 5.10 Å². The first-order valence-electron chi connectivity index (χ1n) is 9.13. The van der Waals surface area contributed by atoms with Crippen molar-refractivity contribution in [3.05, 3.63) is 64.7 Å². The lowest BCUT2D eigenvalue weighted by molar-refractivity contribution is -0.159. The van der Waals surface area contributed by atoms with Crippen molar-refractivity contribution in [2.45, 2.75) is 26.1 Å². The van der Waals surface area contributed by atoms with Crippen LogP contribution in [0.25, 0.3) is 0 Å². The Bertz CT molecular complexity index is 939. The molecule has 152 valence electrons. The molecule has 0 aromatic heterocycles. The highest BCUT2D eigenvalue weighted by atomic mass is 35.5.